The summed E-state index contributed by atoms with van der Waals surface area (Å²) in [6.45, 7) is 0. The lowest BCUT2D eigenvalue weighted by molar-refractivity contribution is 0.420. The van der Waals surface area contributed by atoms with Crippen LogP contribution in [0.15, 0.2) is 24.3 Å². The van der Waals surface area contributed by atoms with Gasteiger partial charge in [0.25, 0.3) is 12.2 Å². The molecule has 0 aromatic heterocycles. The number of thioether (sulfide) groups is 1. The molecule has 0 saturated carbocycles. The highest BCUT2D eigenvalue weighted by atomic mass is 32.2. The quantitative estimate of drug-likeness (QED) is 0.479. The zero-order chi connectivity index (χ0) is 8.69. The van der Waals surface area contributed by atoms with Gasteiger partial charge in [0.1, 0.15) is 0 Å². The molecular weight excluding hydrogens is 180 g/mol. The van der Waals surface area contributed by atoms with Crippen molar-refractivity contribution in [3.8, 4) is 0 Å². The van der Waals surface area contributed by atoms with Crippen molar-refractivity contribution in [1.82, 2.24) is 0 Å². The number of halogens is 4. The van der Waals surface area contributed by atoms with Crippen LogP contribution < -0.4 is 0 Å². The fourth-order valence-electron chi connectivity index (χ4n) is 0.312. The molecule has 0 saturated heterocycles. The molecule has 0 aliphatic carbocycles. The lowest BCUT2D eigenvalue weighted by Crippen LogP contribution is -1.75. The minimum atomic E-state index is -1.78. The van der Waals surface area contributed by atoms with Gasteiger partial charge in [0.2, 0.25) is 0 Å². The van der Waals surface area contributed by atoms with E-state index in [4.69, 9.17) is 0 Å². The topological polar surface area (TPSA) is 0 Å². The van der Waals surface area contributed by atoms with E-state index in [2.05, 4.69) is 0 Å². The van der Waals surface area contributed by atoms with Crippen LogP contribution >= 0.6 is 11.8 Å². The van der Waals surface area contributed by atoms with Crippen LogP contribution in [0, 0.1) is 0 Å². The van der Waals surface area contributed by atoms with Gasteiger partial charge in [0, 0.05) is 11.5 Å². The van der Waals surface area contributed by atoms with Crippen LogP contribution in [0.3, 0.4) is 0 Å². The summed E-state index contributed by atoms with van der Waals surface area (Å²) >= 11 is 0.997. The Labute approximate surface area is 66.0 Å². The first-order chi connectivity index (χ1) is 5.13. The zero-order valence-corrected chi connectivity index (χ0v) is 6.31. The van der Waals surface area contributed by atoms with Gasteiger partial charge >= 0.3 is 0 Å². The third-order valence-corrected chi connectivity index (χ3v) is 1.52. The Morgan fingerprint density at radius 1 is 0.909 bits per heavy atom. The molecule has 0 radical (unpaired) electrons. The van der Waals surface area contributed by atoms with Crippen molar-refractivity contribution < 1.29 is 17.6 Å². The van der Waals surface area contributed by atoms with E-state index in [-0.39, 0.29) is 11.5 Å². The summed E-state index contributed by atoms with van der Waals surface area (Å²) in [6, 6.07) is 0. The van der Waals surface area contributed by atoms with Gasteiger partial charge in [-0.15, -0.1) is 0 Å². The summed E-state index contributed by atoms with van der Waals surface area (Å²) in [7, 11) is 0. The van der Waals surface area contributed by atoms with E-state index in [9.17, 15) is 17.6 Å². The Balaban J connectivity index is 3.29. The second-order valence-electron chi connectivity index (χ2n) is 1.52. The van der Waals surface area contributed by atoms with E-state index < -0.39 is 12.2 Å². The second-order valence-corrected chi connectivity index (χ2v) is 2.60. The van der Waals surface area contributed by atoms with Gasteiger partial charge in [0.15, 0.2) is 0 Å². The summed E-state index contributed by atoms with van der Waals surface area (Å²) in [5.74, 6) is 0.123. The van der Waals surface area contributed by atoms with Crippen LogP contribution in [-0.2, 0) is 0 Å². The first-order valence-electron chi connectivity index (χ1n) is 2.73. The normalized spacial score (nSPS) is 9.09. The van der Waals surface area contributed by atoms with Gasteiger partial charge in [0.05, 0.1) is 0 Å². The summed E-state index contributed by atoms with van der Waals surface area (Å²) in [5, 5.41) is 0. The molecule has 0 bridgehead atoms. The van der Waals surface area contributed by atoms with Crippen LogP contribution in [0.1, 0.15) is 0 Å². The second kappa shape index (κ2) is 6.27. The maximum atomic E-state index is 11.3. The summed E-state index contributed by atoms with van der Waals surface area (Å²) in [5.41, 5.74) is 0. The fourth-order valence-corrected chi connectivity index (χ4v) is 0.936. The Kier molecular flexibility index (Phi) is 6.02. The molecule has 0 rings (SSSR count). The third-order valence-electron chi connectivity index (χ3n) is 0.711. The maximum Gasteiger partial charge on any atom is 0.267 e. The molecule has 0 aromatic carbocycles. The lowest BCUT2D eigenvalue weighted by Gasteiger charge is -1.88. The number of hydrogen-bond donors (Lipinski definition) is 0. The van der Waals surface area contributed by atoms with E-state index in [0.29, 0.717) is 12.2 Å². The molecule has 0 N–H and O–H groups in total. The summed E-state index contributed by atoms with van der Waals surface area (Å²) < 4.78 is 45.2. The first-order valence-corrected chi connectivity index (χ1v) is 3.88. The van der Waals surface area contributed by atoms with Crippen molar-refractivity contribution in [2.45, 2.75) is 0 Å². The van der Waals surface area contributed by atoms with Gasteiger partial charge in [-0.05, 0) is 12.2 Å². The van der Waals surface area contributed by atoms with Gasteiger partial charge < -0.3 is 0 Å². The van der Waals surface area contributed by atoms with E-state index >= 15 is 0 Å². The van der Waals surface area contributed by atoms with Crippen LogP contribution in [0.4, 0.5) is 17.6 Å². The highest BCUT2D eigenvalue weighted by Gasteiger charge is 1.89. The number of hydrogen-bond acceptors (Lipinski definition) is 1. The van der Waals surface area contributed by atoms with E-state index in [1.54, 1.807) is 0 Å². The molecule has 0 amide bonds. The van der Waals surface area contributed by atoms with Crippen molar-refractivity contribution in [1.29, 1.82) is 0 Å². The molecule has 0 fully saturated rings. The molecule has 0 atom stereocenters. The van der Waals surface area contributed by atoms with Gasteiger partial charge in [-0.25, -0.2) is 0 Å². The smallest absolute Gasteiger partial charge is 0.174 e. The fraction of sp³-hybridized carbons (Fsp3) is 0.333. The average molecular weight is 186 g/mol. The standard InChI is InChI=1S/C6H6F4S/c7-5(8)1-3-11-4-2-6(9)10/h1-2H,3-4H2. The lowest BCUT2D eigenvalue weighted by atomic mass is 10.7. The van der Waals surface area contributed by atoms with E-state index in [1.165, 1.54) is 0 Å². The molecule has 0 nitrogen and oxygen atoms in total. The average Bonchev–Trinajstić information content (AvgIpc) is 1.85. The van der Waals surface area contributed by atoms with Crippen LogP contribution in [0.2, 0.25) is 0 Å². The monoisotopic (exact) mass is 186 g/mol. The van der Waals surface area contributed by atoms with Crippen LogP contribution in [-0.4, -0.2) is 11.5 Å². The predicted molar refractivity (Wildman–Crippen MR) is 37.9 cm³/mol. The number of rotatable bonds is 4. The minimum Gasteiger partial charge on any atom is -0.174 e. The zero-order valence-electron chi connectivity index (χ0n) is 5.49. The Morgan fingerprint density at radius 3 is 1.55 bits per heavy atom. The highest BCUT2D eigenvalue weighted by molar-refractivity contribution is 7.99. The summed E-state index contributed by atoms with van der Waals surface area (Å²) in [6.07, 6.45) is -2.17. The molecule has 0 aliphatic heterocycles. The Morgan fingerprint density at radius 2 is 1.27 bits per heavy atom. The van der Waals surface area contributed by atoms with Crippen molar-refractivity contribution in [2.24, 2.45) is 0 Å². The third kappa shape index (κ3) is 9.55. The molecule has 0 aliphatic rings. The van der Waals surface area contributed by atoms with E-state index in [0.717, 1.165) is 11.8 Å². The van der Waals surface area contributed by atoms with Crippen molar-refractivity contribution in [3.63, 3.8) is 0 Å². The molecule has 11 heavy (non-hydrogen) atoms. The molecular formula is C6H6F4S. The first kappa shape index (κ1) is 10.6. The van der Waals surface area contributed by atoms with Crippen molar-refractivity contribution in [2.75, 3.05) is 11.5 Å². The molecule has 0 heterocycles. The Bertz CT molecular complexity index is 138. The largest absolute Gasteiger partial charge is 0.267 e. The van der Waals surface area contributed by atoms with Gasteiger partial charge in [-0.3, -0.25) is 0 Å². The van der Waals surface area contributed by atoms with E-state index in [1.807, 2.05) is 0 Å². The minimum absolute atomic E-state index is 0.0616. The molecule has 64 valence electrons. The molecule has 0 aromatic rings. The SMILES string of the molecule is FC(F)=CCSCC=C(F)F. The maximum absolute atomic E-state index is 11.3. The molecule has 0 spiro atoms. The van der Waals surface area contributed by atoms with Crippen molar-refractivity contribution >= 4 is 11.8 Å². The van der Waals surface area contributed by atoms with Crippen LogP contribution in [0.5, 0.6) is 0 Å². The molecule has 0 unspecified atom stereocenters. The highest BCUT2D eigenvalue weighted by Crippen LogP contribution is 2.07. The predicted octanol–water partition coefficient (Wildman–Crippen LogP) is 3.28. The van der Waals surface area contributed by atoms with Gasteiger partial charge in [-0.2, -0.15) is 29.3 Å². The molecule has 5 heteroatoms. The van der Waals surface area contributed by atoms with Gasteiger partial charge in [-0.1, -0.05) is 0 Å². The Hall–Kier alpha value is -0.450. The van der Waals surface area contributed by atoms with Crippen LogP contribution in [0.25, 0.3) is 0 Å². The van der Waals surface area contributed by atoms with Crippen molar-refractivity contribution in [3.05, 3.63) is 24.3 Å². The summed E-state index contributed by atoms with van der Waals surface area (Å²) in [4.78, 5) is 0.